The Morgan fingerprint density at radius 2 is 2.07 bits per heavy atom. The van der Waals surface area contributed by atoms with Crippen molar-refractivity contribution in [2.24, 2.45) is 0 Å². The Bertz CT molecular complexity index is 975. The Kier molecular flexibility index (Phi) is 5.93. The van der Waals surface area contributed by atoms with Gasteiger partial charge in [-0.25, -0.2) is 13.8 Å². The van der Waals surface area contributed by atoms with E-state index in [-0.39, 0.29) is 12.4 Å². The summed E-state index contributed by atoms with van der Waals surface area (Å²) in [5, 5.41) is 3.94. The highest BCUT2D eigenvalue weighted by Crippen LogP contribution is 2.26. The molecule has 3 heterocycles. The lowest BCUT2D eigenvalue weighted by molar-refractivity contribution is 0.101. The van der Waals surface area contributed by atoms with Crippen LogP contribution in [-0.4, -0.2) is 39.1 Å². The van der Waals surface area contributed by atoms with Crippen LogP contribution >= 0.6 is 0 Å². The summed E-state index contributed by atoms with van der Waals surface area (Å²) < 4.78 is 37.6. The Morgan fingerprint density at radius 1 is 1.25 bits per heavy atom. The van der Waals surface area contributed by atoms with Gasteiger partial charge < -0.3 is 9.47 Å². The lowest BCUT2D eigenvalue weighted by Gasteiger charge is -2.13. The third-order valence-corrected chi connectivity index (χ3v) is 3.98. The van der Waals surface area contributed by atoms with Gasteiger partial charge in [-0.1, -0.05) is 6.07 Å². The van der Waals surface area contributed by atoms with Crippen LogP contribution in [0, 0.1) is 0 Å². The van der Waals surface area contributed by atoms with Gasteiger partial charge in [-0.2, -0.15) is 5.10 Å². The number of carbonyl (C=O) groups excluding carboxylic acids is 1. The highest BCUT2D eigenvalue weighted by molar-refractivity contribution is 5.97. The molecule has 3 aromatic heterocycles. The smallest absolute Gasteiger partial charge is 0.257 e. The summed E-state index contributed by atoms with van der Waals surface area (Å²) in [6, 6.07) is 6.60. The number of nitrogens with zero attached hydrogens (tertiary/aromatic N) is 4. The molecular formula is C19H18F2N4O3. The topological polar surface area (TPSA) is 79.1 Å². The Morgan fingerprint density at radius 3 is 2.79 bits per heavy atom. The van der Waals surface area contributed by atoms with Crippen molar-refractivity contribution in [3.8, 4) is 23.0 Å². The van der Waals surface area contributed by atoms with Crippen molar-refractivity contribution in [3.05, 3.63) is 54.0 Å². The van der Waals surface area contributed by atoms with Crippen LogP contribution in [0.3, 0.4) is 0 Å². The fourth-order valence-electron chi connectivity index (χ4n) is 2.68. The zero-order valence-corrected chi connectivity index (χ0v) is 15.3. The first-order valence-corrected chi connectivity index (χ1v) is 8.41. The monoisotopic (exact) mass is 388 g/mol. The Balaban J connectivity index is 1.88. The number of alkyl halides is 2. The molecule has 0 amide bonds. The molecule has 0 saturated heterocycles. The predicted molar refractivity (Wildman–Crippen MR) is 96.6 cm³/mol. The SMILES string of the molecule is COc1cc(C(C)=O)c(OCc2cccnc2-c2ccnn2CC(F)F)cn1. The largest absolute Gasteiger partial charge is 0.486 e. The number of rotatable bonds is 8. The number of hydrogen-bond donors (Lipinski definition) is 0. The molecule has 3 rings (SSSR count). The third-order valence-electron chi connectivity index (χ3n) is 3.98. The van der Waals surface area contributed by atoms with E-state index in [2.05, 4.69) is 15.1 Å². The van der Waals surface area contributed by atoms with Crippen molar-refractivity contribution >= 4 is 5.78 Å². The second kappa shape index (κ2) is 8.55. The van der Waals surface area contributed by atoms with Gasteiger partial charge in [-0.05, 0) is 19.1 Å². The number of carbonyl (C=O) groups is 1. The molecule has 146 valence electrons. The first-order valence-electron chi connectivity index (χ1n) is 8.41. The van der Waals surface area contributed by atoms with E-state index >= 15 is 0 Å². The number of Topliss-reactive ketones (excluding diaryl/α,β-unsaturated/α-hetero) is 1. The molecule has 0 unspecified atom stereocenters. The molecule has 0 radical (unpaired) electrons. The van der Waals surface area contributed by atoms with Gasteiger partial charge in [0.1, 0.15) is 18.9 Å². The van der Waals surface area contributed by atoms with Gasteiger partial charge in [0, 0.05) is 24.0 Å². The van der Waals surface area contributed by atoms with Crippen LogP contribution in [-0.2, 0) is 13.2 Å². The van der Waals surface area contributed by atoms with E-state index in [0.717, 1.165) is 0 Å². The molecule has 28 heavy (non-hydrogen) atoms. The van der Waals surface area contributed by atoms with Gasteiger partial charge in [-0.15, -0.1) is 0 Å². The molecule has 7 nitrogen and oxygen atoms in total. The van der Waals surface area contributed by atoms with E-state index in [9.17, 15) is 13.6 Å². The van der Waals surface area contributed by atoms with Crippen molar-refractivity contribution in [1.29, 1.82) is 0 Å². The van der Waals surface area contributed by atoms with Gasteiger partial charge >= 0.3 is 0 Å². The summed E-state index contributed by atoms with van der Waals surface area (Å²) in [6.45, 7) is 0.952. The van der Waals surface area contributed by atoms with Crippen molar-refractivity contribution < 1.29 is 23.0 Å². The van der Waals surface area contributed by atoms with Gasteiger partial charge in [0.15, 0.2) is 5.78 Å². The normalized spacial score (nSPS) is 10.9. The average Bonchev–Trinajstić information content (AvgIpc) is 3.13. The van der Waals surface area contributed by atoms with Crippen LogP contribution in [0.2, 0.25) is 0 Å². The summed E-state index contributed by atoms with van der Waals surface area (Å²) in [5.74, 6) is 0.400. The summed E-state index contributed by atoms with van der Waals surface area (Å²) in [7, 11) is 1.46. The van der Waals surface area contributed by atoms with Crippen LogP contribution in [0.5, 0.6) is 11.6 Å². The van der Waals surface area contributed by atoms with Crippen LogP contribution in [0.1, 0.15) is 22.8 Å². The number of ketones is 1. The summed E-state index contributed by atoms with van der Waals surface area (Å²) in [6.07, 6.45) is 1.88. The van der Waals surface area contributed by atoms with Gasteiger partial charge in [0.05, 0.1) is 30.3 Å². The van der Waals surface area contributed by atoms with Crippen LogP contribution in [0.4, 0.5) is 8.78 Å². The van der Waals surface area contributed by atoms with E-state index < -0.39 is 13.0 Å². The highest BCUT2D eigenvalue weighted by Gasteiger charge is 2.16. The van der Waals surface area contributed by atoms with E-state index in [4.69, 9.17) is 9.47 Å². The van der Waals surface area contributed by atoms with Crippen molar-refractivity contribution in [1.82, 2.24) is 19.7 Å². The van der Waals surface area contributed by atoms with Crippen molar-refractivity contribution in [3.63, 3.8) is 0 Å². The van der Waals surface area contributed by atoms with Crippen LogP contribution in [0.25, 0.3) is 11.4 Å². The first kappa shape index (κ1) is 19.4. The fourth-order valence-corrected chi connectivity index (χ4v) is 2.68. The summed E-state index contributed by atoms with van der Waals surface area (Å²) in [4.78, 5) is 20.2. The number of pyridine rings is 2. The summed E-state index contributed by atoms with van der Waals surface area (Å²) >= 11 is 0. The molecule has 0 N–H and O–H groups in total. The van der Waals surface area contributed by atoms with Gasteiger partial charge in [-0.3, -0.25) is 14.5 Å². The minimum Gasteiger partial charge on any atom is -0.486 e. The van der Waals surface area contributed by atoms with E-state index in [0.29, 0.717) is 34.1 Å². The molecule has 0 atom stereocenters. The minimum atomic E-state index is -2.54. The standard InChI is InChI=1S/C19H18F2N4O3/c1-12(26)14-8-18(27-2)23-9-16(14)28-11-13-4-3-6-22-19(13)15-5-7-24-25(15)10-17(20)21/h3-9,17H,10-11H2,1-2H3. The maximum absolute atomic E-state index is 12.8. The van der Waals surface area contributed by atoms with Gasteiger partial charge in [0.25, 0.3) is 6.43 Å². The quantitative estimate of drug-likeness (QED) is 0.551. The Labute approximate surface area is 160 Å². The van der Waals surface area contributed by atoms with Crippen LogP contribution < -0.4 is 9.47 Å². The molecule has 3 aromatic rings. The molecule has 0 fully saturated rings. The van der Waals surface area contributed by atoms with Crippen LogP contribution in [0.15, 0.2) is 42.9 Å². The summed E-state index contributed by atoms with van der Waals surface area (Å²) in [5.41, 5.74) is 1.93. The maximum Gasteiger partial charge on any atom is 0.257 e. The fraction of sp³-hybridized carbons (Fsp3) is 0.263. The number of hydrogen-bond acceptors (Lipinski definition) is 6. The van der Waals surface area contributed by atoms with E-state index in [1.165, 1.54) is 37.2 Å². The predicted octanol–water partition coefficient (Wildman–Crippen LogP) is 3.40. The molecule has 0 aliphatic carbocycles. The molecule has 0 aliphatic rings. The second-order valence-corrected chi connectivity index (χ2v) is 5.87. The molecule has 0 aliphatic heterocycles. The molecule has 0 bridgehead atoms. The average molecular weight is 388 g/mol. The van der Waals surface area contributed by atoms with E-state index in [1.54, 1.807) is 24.4 Å². The van der Waals surface area contributed by atoms with Crippen molar-refractivity contribution in [2.75, 3.05) is 7.11 Å². The van der Waals surface area contributed by atoms with Gasteiger partial charge in [0.2, 0.25) is 5.88 Å². The highest BCUT2D eigenvalue weighted by atomic mass is 19.3. The lowest BCUT2D eigenvalue weighted by atomic mass is 10.1. The first-order chi connectivity index (χ1) is 13.5. The molecule has 0 saturated carbocycles. The number of aromatic nitrogens is 4. The van der Waals surface area contributed by atoms with E-state index in [1.807, 2.05) is 0 Å². The lowest BCUT2D eigenvalue weighted by Crippen LogP contribution is -2.11. The second-order valence-electron chi connectivity index (χ2n) is 5.87. The molecule has 0 aromatic carbocycles. The van der Waals surface area contributed by atoms with Crippen molar-refractivity contribution in [2.45, 2.75) is 26.5 Å². The number of ether oxygens (including phenoxy) is 2. The molecule has 0 spiro atoms. The zero-order valence-electron chi connectivity index (χ0n) is 15.3. The number of halogens is 2. The third kappa shape index (κ3) is 4.30. The molecule has 9 heteroatoms. The number of methoxy groups -OCH3 is 1. The maximum atomic E-state index is 12.8. The molecular weight excluding hydrogens is 370 g/mol. The minimum absolute atomic E-state index is 0.0668. The zero-order chi connectivity index (χ0) is 20.1. The Hall–Kier alpha value is -3.36.